The van der Waals surface area contributed by atoms with Crippen LogP contribution in [-0.4, -0.2) is 12.2 Å². The smallest absolute Gasteiger partial charge is 0.391 e. The zero-order chi connectivity index (χ0) is 13.2. The molecule has 1 aromatic carbocycles. The molecule has 1 aromatic rings. The predicted molar refractivity (Wildman–Crippen MR) is 54.5 cm³/mol. The van der Waals surface area contributed by atoms with Gasteiger partial charge in [-0.3, -0.25) is 0 Å². The monoisotopic (exact) mass is 254 g/mol. The van der Waals surface area contributed by atoms with Crippen LogP contribution in [-0.2, 0) is 0 Å². The number of nitrogens with one attached hydrogen (secondary N) is 1. The van der Waals surface area contributed by atoms with Crippen LogP contribution < -0.4 is 11.1 Å². The van der Waals surface area contributed by atoms with Gasteiger partial charge in [0.15, 0.2) is 11.6 Å². The minimum Gasteiger partial charge on any atom is -0.397 e. The molecule has 96 valence electrons. The van der Waals surface area contributed by atoms with Crippen LogP contribution in [0.15, 0.2) is 12.1 Å². The summed E-state index contributed by atoms with van der Waals surface area (Å²) < 4.78 is 62.3. The van der Waals surface area contributed by atoms with Crippen molar-refractivity contribution in [2.24, 2.45) is 0 Å². The molecule has 0 heterocycles. The Hall–Kier alpha value is -1.53. The summed E-state index contributed by atoms with van der Waals surface area (Å²) in [5.41, 5.74) is 4.77. The van der Waals surface area contributed by atoms with E-state index in [0.29, 0.717) is 0 Å². The second-order valence-electron chi connectivity index (χ2n) is 3.69. The number of halogens is 5. The highest BCUT2D eigenvalue weighted by Gasteiger charge is 2.30. The number of rotatable bonds is 3. The lowest BCUT2D eigenvalue weighted by atomic mass is 10.2. The lowest BCUT2D eigenvalue weighted by Gasteiger charge is -2.18. The Bertz CT molecular complexity index is 402. The van der Waals surface area contributed by atoms with Crippen LogP contribution in [0.1, 0.15) is 13.3 Å². The van der Waals surface area contributed by atoms with Gasteiger partial charge in [0.1, 0.15) is 0 Å². The van der Waals surface area contributed by atoms with Crippen molar-refractivity contribution in [2.75, 3.05) is 11.1 Å². The van der Waals surface area contributed by atoms with E-state index in [4.69, 9.17) is 5.73 Å². The molecule has 17 heavy (non-hydrogen) atoms. The maximum Gasteiger partial charge on any atom is 0.391 e. The number of nitrogen functional groups attached to an aromatic ring is 1. The average molecular weight is 254 g/mol. The first kappa shape index (κ1) is 13.5. The van der Waals surface area contributed by atoms with E-state index < -0.39 is 36.0 Å². The second kappa shape index (κ2) is 4.77. The molecule has 0 aliphatic rings. The number of anilines is 2. The van der Waals surface area contributed by atoms with Crippen molar-refractivity contribution in [3.63, 3.8) is 0 Å². The van der Waals surface area contributed by atoms with Crippen molar-refractivity contribution in [1.29, 1.82) is 0 Å². The molecule has 0 saturated carbocycles. The predicted octanol–water partition coefficient (Wildman–Crippen LogP) is 3.30. The fraction of sp³-hybridized carbons (Fsp3) is 0.400. The molecule has 7 heteroatoms. The summed E-state index contributed by atoms with van der Waals surface area (Å²) in [6.45, 7) is 1.21. The standard InChI is InChI=1S/C10H11F5N2/c1-5(4-10(13,14)15)17-9-7(16)3-2-6(11)8(9)12/h2-3,5,17H,4,16H2,1H3. The van der Waals surface area contributed by atoms with Gasteiger partial charge in [0.2, 0.25) is 0 Å². The number of benzene rings is 1. The summed E-state index contributed by atoms with van der Waals surface area (Å²) >= 11 is 0. The van der Waals surface area contributed by atoms with Crippen LogP contribution >= 0.6 is 0 Å². The van der Waals surface area contributed by atoms with E-state index in [2.05, 4.69) is 5.32 Å². The van der Waals surface area contributed by atoms with E-state index in [1.165, 1.54) is 6.92 Å². The zero-order valence-electron chi connectivity index (χ0n) is 8.91. The van der Waals surface area contributed by atoms with Crippen LogP contribution in [0, 0.1) is 11.6 Å². The molecular formula is C10H11F5N2. The molecule has 0 aliphatic carbocycles. The van der Waals surface area contributed by atoms with Gasteiger partial charge < -0.3 is 11.1 Å². The summed E-state index contributed by atoms with van der Waals surface area (Å²) in [6.07, 6.45) is -5.55. The van der Waals surface area contributed by atoms with Crippen molar-refractivity contribution in [2.45, 2.75) is 25.6 Å². The van der Waals surface area contributed by atoms with Crippen molar-refractivity contribution in [1.82, 2.24) is 0 Å². The van der Waals surface area contributed by atoms with Crippen molar-refractivity contribution in [3.8, 4) is 0 Å². The molecule has 0 aromatic heterocycles. The lowest BCUT2D eigenvalue weighted by molar-refractivity contribution is -0.136. The summed E-state index contributed by atoms with van der Waals surface area (Å²) in [5.74, 6) is -2.44. The van der Waals surface area contributed by atoms with Gasteiger partial charge in [-0.25, -0.2) is 8.78 Å². The molecule has 0 aliphatic heterocycles. The largest absolute Gasteiger partial charge is 0.397 e. The lowest BCUT2D eigenvalue weighted by Crippen LogP contribution is -2.25. The van der Waals surface area contributed by atoms with E-state index in [1.807, 2.05) is 0 Å². The summed E-state index contributed by atoms with van der Waals surface area (Å²) in [4.78, 5) is 0. The Morgan fingerprint density at radius 2 is 1.88 bits per heavy atom. The van der Waals surface area contributed by atoms with Gasteiger partial charge in [-0.1, -0.05) is 0 Å². The number of nitrogens with two attached hydrogens (primary N) is 1. The maximum absolute atomic E-state index is 13.3. The van der Waals surface area contributed by atoms with E-state index in [0.717, 1.165) is 12.1 Å². The molecule has 0 radical (unpaired) electrons. The fourth-order valence-corrected chi connectivity index (χ4v) is 1.36. The molecule has 0 saturated heterocycles. The summed E-state index contributed by atoms with van der Waals surface area (Å²) in [5, 5.41) is 2.22. The highest BCUT2D eigenvalue weighted by molar-refractivity contribution is 5.67. The minimum absolute atomic E-state index is 0.141. The molecule has 2 nitrogen and oxygen atoms in total. The van der Waals surface area contributed by atoms with Crippen LogP contribution in [0.3, 0.4) is 0 Å². The molecule has 0 amide bonds. The Morgan fingerprint density at radius 1 is 1.29 bits per heavy atom. The molecule has 1 rings (SSSR count). The highest BCUT2D eigenvalue weighted by atomic mass is 19.4. The second-order valence-corrected chi connectivity index (χ2v) is 3.69. The Labute approximate surface area is 94.6 Å². The van der Waals surface area contributed by atoms with Crippen LogP contribution in [0.5, 0.6) is 0 Å². The van der Waals surface area contributed by atoms with Crippen molar-refractivity contribution < 1.29 is 22.0 Å². The number of alkyl halides is 3. The first-order chi connectivity index (χ1) is 7.70. The third-order valence-electron chi connectivity index (χ3n) is 2.06. The summed E-state index contributed by atoms with van der Waals surface area (Å²) in [7, 11) is 0. The highest BCUT2D eigenvalue weighted by Crippen LogP contribution is 2.28. The van der Waals surface area contributed by atoms with E-state index in [9.17, 15) is 22.0 Å². The van der Waals surface area contributed by atoms with Gasteiger partial charge in [0.25, 0.3) is 0 Å². The van der Waals surface area contributed by atoms with Crippen molar-refractivity contribution >= 4 is 11.4 Å². The minimum atomic E-state index is -4.38. The zero-order valence-corrected chi connectivity index (χ0v) is 8.91. The van der Waals surface area contributed by atoms with Gasteiger partial charge in [0, 0.05) is 6.04 Å². The Balaban J connectivity index is 2.85. The average Bonchev–Trinajstić information content (AvgIpc) is 2.16. The Kier molecular flexibility index (Phi) is 3.79. The maximum atomic E-state index is 13.3. The van der Waals surface area contributed by atoms with Crippen LogP contribution in [0.25, 0.3) is 0 Å². The SMILES string of the molecule is CC(CC(F)(F)F)Nc1c(N)ccc(F)c1F. The first-order valence-electron chi connectivity index (χ1n) is 4.77. The van der Waals surface area contributed by atoms with E-state index in [1.54, 1.807) is 0 Å². The molecule has 0 spiro atoms. The third-order valence-corrected chi connectivity index (χ3v) is 2.06. The number of hydrogen-bond donors (Lipinski definition) is 2. The fourth-order valence-electron chi connectivity index (χ4n) is 1.36. The van der Waals surface area contributed by atoms with Gasteiger partial charge in [-0.05, 0) is 19.1 Å². The van der Waals surface area contributed by atoms with Gasteiger partial charge in [0.05, 0.1) is 17.8 Å². The molecule has 3 N–H and O–H groups in total. The third kappa shape index (κ3) is 3.76. The molecule has 1 unspecified atom stereocenters. The molecule has 1 atom stereocenters. The number of hydrogen-bond acceptors (Lipinski definition) is 2. The van der Waals surface area contributed by atoms with Crippen molar-refractivity contribution in [3.05, 3.63) is 23.8 Å². The van der Waals surface area contributed by atoms with Gasteiger partial charge in [-0.2, -0.15) is 13.2 Å². The van der Waals surface area contributed by atoms with Crippen LogP contribution in [0.2, 0.25) is 0 Å². The summed E-state index contributed by atoms with van der Waals surface area (Å²) in [6, 6.07) is 0.791. The first-order valence-corrected chi connectivity index (χ1v) is 4.77. The molecule has 0 bridgehead atoms. The molecule has 0 fully saturated rings. The Morgan fingerprint density at radius 3 is 2.41 bits per heavy atom. The quantitative estimate of drug-likeness (QED) is 0.641. The topological polar surface area (TPSA) is 38.0 Å². The van der Waals surface area contributed by atoms with Crippen LogP contribution in [0.4, 0.5) is 33.3 Å². The van der Waals surface area contributed by atoms with E-state index >= 15 is 0 Å². The normalized spacial score (nSPS) is 13.5. The van der Waals surface area contributed by atoms with Gasteiger partial charge >= 0.3 is 6.18 Å². The van der Waals surface area contributed by atoms with Gasteiger partial charge in [-0.15, -0.1) is 0 Å². The van der Waals surface area contributed by atoms with E-state index in [-0.39, 0.29) is 5.69 Å². The molecular weight excluding hydrogens is 243 g/mol.